The molecule has 2 rings (SSSR count). The summed E-state index contributed by atoms with van der Waals surface area (Å²) in [5.41, 5.74) is 0.281. The summed E-state index contributed by atoms with van der Waals surface area (Å²) >= 11 is 6.28. The fourth-order valence-corrected chi connectivity index (χ4v) is 2.44. The summed E-state index contributed by atoms with van der Waals surface area (Å²) in [5.74, 6) is -0.247. The van der Waals surface area contributed by atoms with Gasteiger partial charge in [0.25, 0.3) is 0 Å². The van der Waals surface area contributed by atoms with Gasteiger partial charge in [-0.15, -0.1) is 11.6 Å². The molecule has 0 aliphatic carbocycles. The smallest absolute Gasteiger partial charge is 0.265 e. The molecule has 1 aromatic heterocycles. The van der Waals surface area contributed by atoms with Gasteiger partial charge in [-0.2, -0.15) is 13.2 Å². The van der Waals surface area contributed by atoms with Crippen molar-refractivity contribution in [1.82, 2.24) is 4.98 Å². The fraction of sp³-hybridized carbons (Fsp3) is 0.267. The van der Waals surface area contributed by atoms with Crippen LogP contribution in [0, 0.1) is 0 Å². The number of halogens is 4. The van der Waals surface area contributed by atoms with Crippen LogP contribution in [0.25, 0.3) is 0 Å². The Hall–Kier alpha value is -1.55. The van der Waals surface area contributed by atoms with E-state index in [0.29, 0.717) is 0 Å². The summed E-state index contributed by atoms with van der Waals surface area (Å²) in [6.07, 6.45) is -1.20. The second-order valence-electron chi connectivity index (χ2n) is 4.56. The maximum Gasteiger partial charge on any atom is 0.416 e. The number of hydrogen-bond acceptors (Lipinski definition) is 1. The summed E-state index contributed by atoms with van der Waals surface area (Å²) in [4.78, 5) is 3.89. The van der Waals surface area contributed by atoms with Crippen molar-refractivity contribution in [3.8, 4) is 0 Å². The lowest BCUT2D eigenvalue weighted by Crippen LogP contribution is -2.12. The number of hydrogen-bond donors (Lipinski definition) is 0. The Kier molecular flexibility index (Phi) is 4.33. The van der Waals surface area contributed by atoms with E-state index in [-0.39, 0.29) is 11.5 Å². The van der Waals surface area contributed by atoms with Gasteiger partial charge in [-0.1, -0.05) is 25.1 Å². The quantitative estimate of drug-likeness (QED) is 0.711. The largest absolute Gasteiger partial charge is 0.416 e. The van der Waals surface area contributed by atoms with Crippen molar-refractivity contribution >= 4 is 11.6 Å². The molecule has 106 valence electrons. The Morgan fingerprint density at radius 3 is 2.25 bits per heavy atom. The van der Waals surface area contributed by atoms with Gasteiger partial charge in [-0.25, -0.2) is 0 Å². The topological polar surface area (TPSA) is 12.9 Å². The van der Waals surface area contributed by atoms with Gasteiger partial charge >= 0.3 is 6.18 Å². The average molecular weight is 300 g/mol. The molecule has 20 heavy (non-hydrogen) atoms. The number of pyridine rings is 1. The van der Waals surface area contributed by atoms with E-state index < -0.39 is 17.1 Å². The highest BCUT2D eigenvalue weighted by Crippen LogP contribution is 2.42. The first kappa shape index (κ1) is 14.9. The molecule has 0 radical (unpaired) electrons. The summed E-state index contributed by atoms with van der Waals surface area (Å²) < 4.78 is 39.0. The third-order valence-corrected chi connectivity index (χ3v) is 3.85. The molecule has 0 bridgehead atoms. The first-order valence-electron chi connectivity index (χ1n) is 6.11. The molecule has 1 heterocycles. The zero-order valence-corrected chi connectivity index (χ0v) is 11.5. The van der Waals surface area contributed by atoms with Crippen LogP contribution in [0.5, 0.6) is 0 Å². The van der Waals surface area contributed by atoms with Crippen LogP contribution in [-0.2, 0) is 6.18 Å². The van der Waals surface area contributed by atoms with Gasteiger partial charge in [0.2, 0.25) is 0 Å². The number of rotatable bonds is 3. The number of alkyl halides is 4. The van der Waals surface area contributed by atoms with E-state index in [0.717, 1.165) is 11.6 Å². The molecule has 2 aromatic rings. The van der Waals surface area contributed by atoms with E-state index in [2.05, 4.69) is 4.98 Å². The van der Waals surface area contributed by atoms with Gasteiger partial charge in [0.15, 0.2) is 0 Å². The predicted molar refractivity (Wildman–Crippen MR) is 72.7 cm³/mol. The molecule has 0 aliphatic heterocycles. The number of benzene rings is 1. The van der Waals surface area contributed by atoms with Crippen LogP contribution in [0.1, 0.15) is 34.9 Å². The zero-order valence-electron chi connectivity index (χ0n) is 10.7. The molecule has 1 aromatic carbocycles. The minimum Gasteiger partial charge on any atom is -0.265 e. The van der Waals surface area contributed by atoms with Gasteiger partial charge in [0, 0.05) is 18.3 Å². The summed E-state index contributed by atoms with van der Waals surface area (Å²) in [6, 6.07) is 8.95. The SMILES string of the molecule is CC(c1ccncc1)C(Cl)c1ccccc1C(F)(F)F. The van der Waals surface area contributed by atoms with Gasteiger partial charge < -0.3 is 0 Å². The molecule has 0 fully saturated rings. The molecule has 0 spiro atoms. The molecule has 2 unspecified atom stereocenters. The molecule has 0 aliphatic rings. The lowest BCUT2D eigenvalue weighted by Gasteiger charge is -2.22. The molecule has 0 amide bonds. The van der Waals surface area contributed by atoms with Crippen LogP contribution in [0.4, 0.5) is 13.2 Å². The average Bonchev–Trinajstić information content (AvgIpc) is 2.46. The van der Waals surface area contributed by atoms with Gasteiger partial charge in [0.05, 0.1) is 10.9 Å². The molecular formula is C15H13ClF3N. The first-order valence-corrected chi connectivity index (χ1v) is 6.55. The van der Waals surface area contributed by atoms with E-state index in [9.17, 15) is 13.2 Å². The molecule has 0 N–H and O–H groups in total. The molecule has 0 saturated heterocycles. The summed E-state index contributed by atoms with van der Waals surface area (Å²) in [7, 11) is 0. The Morgan fingerprint density at radius 1 is 1.05 bits per heavy atom. The van der Waals surface area contributed by atoms with Crippen LogP contribution >= 0.6 is 11.6 Å². The monoisotopic (exact) mass is 299 g/mol. The van der Waals surface area contributed by atoms with Crippen molar-refractivity contribution < 1.29 is 13.2 Å². The second-order valence-corrected chi connectivity index (χ2v) is 5.03. The van der Waals surface area contributed by atoms with Crippen molar-refractivity contribution in [3.63, 3.8) is 0 Å². The van der Waals surface area contributed by atoms with E-state index in [1.165, 1.54) is 12.1 Å². The van der Waals surface area contributed by atoms with Crippen molar-refractivity contribution in [3.05, 3.63) is 65.5 Å². The maximum absolute atomic E-state index is 13.0. The number of aromatic nitrogens is 1. The molecular weight excluding hydrogens is 287 g/mol. The van der Waals surface area contributed by atoms with Crippen molar-refractivity contribution in [2.45, 2.75) is 24.4 Å². The zero-order chi connectivity index (χ0) is 14.8. The Balaban J connectivity index is 2.37. The molecule has 1 nitrogen and oxygen atoms in total. The summed E-state index contributed by atoms with van der Waals surface area (Å²) in [6.45, 7) is 1.81. The Bertz CT molecular complexity index is 569. The van der Waals surface area contributed by atoms with Crippen LogP contribution in [0.15, 0.2) is 48.8 Å². The first-order chi connectivity index (χ1) is 9.41. The van der Waals surface area contributed by atoms with Crippen LogP contribution < -0.4 is 0 Å². The third-order valence-electron chi connectivity index (χ3n) is 3.23. The van der Waals surface area contributed by atoms with Crippen molar-refractivity contribution in [2.75, 3.05) is 0 Å². The van der Waals surface area contributed by atoms with E-state index in [1.54, 1.807) is 37.5 Å². The lowest BCUT2D eigenvalue weighted by molar-refractivity contribution is -0.138. The van der Waals surface area contributed by atoms with Crippen LogP contribution in [0.2, 0.25) is 0 Å². The molecule has 0 saturated carbocycles. The molecule has 2 atom stereocenters. The second kappa shape index (κ2) is 5.83. The lowest BCUT2D eigenvalue weighted by atomic mass is 9.91. The van der Waals surface area contributed by atoms with Crippen molar-refractivity contribution in [1.29, 1.82) is 0 Å². The highest BCUT2D eigenvalue weighted by molar-refractivity contribution is 6.21. The highest BCUT2D eigenvalue weighted by atomic mass is 35.5. The maximum atomic E-state index is 13.0. The third kappa shape index (κ3) is 3.12. The standard InChI is InChI=1S/C15H13ClF3N/c1-10(11-6-8-20-9-7-11)14(16)12-4-2-3-5-13(12)15(17,18)19/h2-10,14H,1H3. The van der Waals surface area contributed by atoms with E-state index in [1.807, 2.05) is 0 Å². The van der Waals surface area contributed by atoms with E-state index >= 15 is 0 Å². The Morgan fingerprint density at radius 2 is 1.65 bits per heavy atom. The van der Waals surface area contributed by atoms with Crippen LogP contribution in [0.3, 0.4) is 0 Å². The van der Waals surface area contributed by atoms with Gasteiger partial charge in [-0.05, 0) is 29.3 Å². The fourth-order valence-electron chi connectivity index (χ4n) is 2.10. The molecule has 5 heteroatoms. The predicted octanol–water partition coefficient (Wildman–Crippen LogP) is 5.18. The van der Waals surface area contributed by atoms with E-state index in [4.69, 9.17) is 11.6 Å². The Labute approximate surface area is 120 Å². The highest BCUT2D eigenvalue weighted by Gasteiger charge is 2.35. The summed E-state index contributed by atoms with van der Waals surface area (Å²) in [5, 5.41) is -0.754. The normalized spacial score (nSPS) is 14.8. The van der Waals surface area contributed by atoms with Crippen LogP contribution in [-0.4, -0.2) is 4.98 Å². The minimum atomic E-state index is -4.40. The number of nitrogens with zero attached hydrogens (tertiary/aromatic N) is 1. The van der Waals surface area contributed by atoms with Gasteiger partial charge in [0.1, 0.15) is 0 Å². The van der Waals surface area contributed by atoms with Crippen molar-refractivity contribution in [2.24, 2.45) is 0 Å². The van der Waals surface area contributed by atoms with Gasteiger partial charge in [-0.3, -0.25) is 4.98 Å². The minimum absolute atomic E-state index is 0.103.